The minimum absolute atomic E-state index is 0.00373. The van der Waals surface area contributed by atoms with Crippen LogP contribution in [0.2, 0.25) is 0 Å². The molecule has 0 fully saturated rings. The molecule has 0 atom stereocenters. The van der Waals surface area contributed by atoms with Crippen molar-refractivity contribution in [3.05, 3.63) is 65.2 Å². The lowest BCUT2D eigenvalue weighted by Gasteiger charge is -2.24. The highest BCUT2D eigenvalue weighted by atomic mass is 32.2. The summed E-state index contributed by atoms with van der Waals surface area (Å²) in [5.41, 5.74) is 3.29. The maximum Gasteiger partial charge on any atom is 0.251 e. The van der Waals surface area contributed by atoms with Crippen molar-refractivity contribution in [1.82, 2.24) is 5.32 Å². The number of anilines is 1. The molecule has 0 aliphatic carbocycles. The van der Waals surface area contributed by atoms with E-state index in [0.29, 0.717) is 11.3 Å². The zero-order valence-corrected chi connectivity index (χ0v) is 17.4. The van der Waals surface area contributed by atoms with E-state index in [1.54, 1.807) is 12.1 Å². The number of hydrogen-bond acceptors (Lipinski definition) is 3. The largest absolute Gasteiger partial charge is 0.350 e. The first kappa shape index (κ1) is 21.0. The normalized spacial score (nSPS) is 11.9. The van der Waals surface area contributed by atoms with Crippen LogP contribution in [-0.4, -0.2) is 33.7 Å². The predicted molar refractivity (Wildman–Crippen MR) is 111 cm³/mol. The minimum atomic E-state index is -3.45. The molecule has 27 heavy (non-hydrogen) atoms. The molecule has 0 heterocycles. The van der Waals surface area contributed by atoms with Gasteiger partial charge >= 0.3 is 0 Å². The second-order valence-electron chi connectivity index (χ2n) is 7.76. The molecule has 2 rings (SSSR count). The Labute approximate surface area is 162 Å². The van der Waals surface area contributed by atoms with Crippen LogP contribution in [0.25, 0.3) is 0 Å². The van der Waals surface area contributed by atoms with Gasteiger partial charge in [-0.2, -0.15) is 0 Å². The quantitative estimate of drug-likeness (QED) is 0.824. The molecular formula is C21H28N2O3S. The number of amides is 1. The molecule has 146 valence electrons. The molecule has 0 spiro atoms. The Balaban J connectivity index is 2.08. The fraction of sp³-hybridized carbons (Fsp3) is 0.381. The van der Waals surface area contributed by atoms with E-state index in [1.165, 1.54) is 10.6 Å². The van der Waals surface area contributed by atoms with Gasteiger partial charge in [-0.05, 0) is 42.2 Å². The number of hydrogen-bond donors (Lipinski definition) is 1. The molecule has 0 bridgehead atoms. The SMILES string of the molecule is Cc1cccc(C(=O)NCCN(c2ccc(C(C)(C)C)cc2)S(C)(=O)=O)c1. The third kappa shape index (κ3) is 5.82. The highest BCUT2D eigenvalue weighted by Crippen LogP contribution is 2.25. The van der Waals surface area contributed by atoms with E-state index in [9.17, 15) is 13.2 Å². The van der Waals surface area contributed by atoms with Crippen molar-refractivity contribution in [2.24, 2.45) is 0 Å². The molecule has 0 aliphatic heterocycles. The molecule has 2 aromatic carbocycles. The molecule has 0 aliphatic rings. The van der Waals surface area contributed by atoms with Gasteiger partial charge in [0.1, 0.15) is 0 Å². The van der Waals surface area contributed by atoms with Crippen LogP contribution < -0.4 is 9.62 Å². The van der Waals surface area contributed by atoms with E-state index in [1.807, 2.05) is 43.3 Å². The van der Waals surface area contributed by atoms with Crippen molar-refractivity contribution in [2.75, 3.05) is 23.7 Å². The third-order valence-corrected chi connectivity index (χ3v) is 5.50. The lowest BCUT2D eigenvalue weighted by molar-refractivity contribution is 0.0954. The molecule has 0 unspecified atom stereocenters. The van der Waals surface area contributed by atoms with Crippen molar-refractivity contribution in [3.8, 4) is 0 Å². The van der Waals surface area contributed by atoms with Crippen molar-refractivity contribution >= 4 is 21.6 Å². The van der Waals surface area contributed by atoms with Crippen LogP contribution in [0.1, 0.15) is 42.3 Å². The average Bonchev–Trinajstić information content (AvgIpc) is 2.57. The van der Waals surface area contributed by atoms with Gasteiger partial charge in [-0.15, -0.1) is 0 Å². The molecule has 1 N–H and O–H groups in total. The number of carbonyl (C=O) groups is 1. The Kier molecular flexibility index (Phi) is 6.31. The monoisotopic (exact) mass is 388 g/mol. The summed E-state index contributed by atoms with van der Waals surface area (Å²) in [6.07, 6.45) is 1.17. The van der Waals surface area contributed by atoms with Gasteiger partial charge in [0.25, 0.3) is 5.91 Å². The van der Waals surface area contributed by atoms with Gasteiger partial charge in [0.05, 0.1) is 18.5 Å². The Bertz CT molecular complexity index is 898. The fourth-order valence-electron chi connectivity index (χ4n) is 2.77. The number of rotatable bonds is 6. The highest BCUT2D eigenvalue weighted by Gasteiger charge is 2.19. The number of sulfonamides is 1. The lowest BCUT2D eigenvalue weighted by Crippen LogP contribution is -2.38. The third-order valence-electron chi connectivity index (χ3n) is 4.30. The standard InChI is InChI=1S/C21H28N2O3S/c1-16-7-6-8-17(15-16)20(24)22-13-14-23(27(5,25)26)19-11-9-18(10-12-19)21(2,3)4/h6-12,15H,13-14H2,1-5H3,(H,22,24). The molecule has 2 aromatic rings. The highest BCUT2D eigenvalue weighted by molar-refractivity contribution is 7.92. The Hall–Kier alpha value is -2.34. The number of carbonyl (C=O) groups excluding carboxylic acids is 1. The maximum atomic E-state index is 12.2. The number of nitrogens with zero attached hydrogens (tertiary/aromatic N) is 1. The summed E-state index contributed by atoms with van der Waals surface area (Å²) < 4.78 is 25.8. The first-order valence-corrected chi connectivity index (χ1v) is 10.8. The van der Waals surface area contributed by atoms with Gasteiger partial charge in [0, 0.05) is 12.1 Å². The van der Waals surface area contributed by atoms with Crippen LogP contribution in [-0.2, 0) is 15.4 Å². The van der Waals surface area contributed by atoms with Gasteiger partial charge in [0.2, 0.25) is 10.0 Å². The van der Waals surface area contributed by atoms with Crippen molar-refractivity contribution in [1.29, 1.82) is 0 Å². The maximum absolute atomic E-state index is 12.2. The first-order valence-electron chi connectivity index (χ1n) is 8.91. The molecule has 0 saturated heterocycles. The molecule has 0 saturated carbocycles. The zero-order chi connectivity index (χ0) is 20.2. The Morgan fingerprint density at radius 3 is 2.22 bits per heavy atom. The summed E-state index contributed by atoms with van der Waals surface area (Å²) in [5.74, 6) is -0.213. The molecule has 0 radical (unpaired) electrons. The molecule has 1 amide bonds. The van der Waals surface area contributed by atoms with Crippen LogP contribution in [0, 0.1) is 6.92 Å². The number of benzene rings is 2. The van der Waals surface area contributed by atoms with E-state index in [4.69, 9.17) is 0 Å². The van der Waals surface area contributed by atoms with E-state index in [0.717, 1.165) is 11.1 Å². The predicted octanol–water partition coefficient (Wildman–Crippen LogP) is 3.49. The van der Waals surface area contributed by atoms with Gasteiger partial charge in [-0.25, -0.2) is 8.42 Å². The first-order chi connectivity index (χ1) is 12.5. The van der Waals surface area contributed by atoms with Crippen LogP contribution in [0.4, 0.5) is 5.69 Å². The molecular weight excluding hydrogens is 360 g/mol. The van der Waals surface area contributed by atoms with Gasteiger partial charge in [-0.1, -0.05) is 50.6 Å². The van der Waals surface area contributed by atoms with E-state index >= 15 is 0 Å². The van der Waals surface area contributed by atoms with Crippen LogP contribution in [0.15, 0.2) is 48.5 Å². The Morgan fingerprint density at radius 1 is 1.07 bits per heavy atom. The van der Waals surface area contributed by atoms with E-state index in [2.05, 4.69) is 26.1 Å². The number of nitrogens with one attached hydrogen (secondary N) is 1. The minimum Gasteiger partial charge on any atom is -0.350 e. The second kappa shape index (κ2) is 8.13. The molecule has 5 nitrogen and oxygen atoms in total. The van der Waals surface area contributed by atoms with Crippen molar-refractivity contribution in [2.45, 2.75) is 33.1 Å². The van der Waals surface area contributed by atoms with Gasteiger partial charge in [0.15, 0.2) is 0 Å². The fourth-order valence-corrected chi connectivity index (χ4v) is 3.70. The zero-order valence-electron chi connectivity index (χ0n) is 16.6. The summed E-state index contributed by atoms with van der Waals surface area (Å²) >= 11 is 0. The summed E-state index contributed by atoms with van der Waals surface area (Å²) in [6.45, 7) is 8.64. The summed E-state index contributed by atoms with van der Waals surface area (Å²) in [5, 5.41) is 2.79. The average molecular weight is 389 g/mol. The molecule has 0 aromatic heterocycles. The van der Waals surface area contributed by atoms with Gasteiger partial charge in [-0.3, -0.25) is 9.10 Å². The lowest BCUT2D eigenvalue weighted by atomic mass is 9.87. The van der Waals surface area contributed by atoms with Crippen molar-refractivity contribution in [3.63, 3.8) is 0 Å². The van der Waals surface area contributed by atoms with Crippen LogP contribution in [0.3, 0.4) is 0 Å². The molecule has 6 heteroatoms. The number of aryl methyl sites for hydroxylation is 1. The topological polar surface area (TPSA) is 66.5 Å². The van der Waals surface area contributed by atoms with E-state index in [-0.39, 0.29) is 24.4 Å². The van der Waals surface area contributed by atoms with Crippen LogP contribution in [0.5, 0.6) is 0 Å². The smallest absolute Gasteiger partial charge is 0.251 e. The van der Waals surface area contributed by atoms with Gasteiger partial charge < -0.3 is 5.32 Å². The van der Waals surface area contributed by atoms with Crippen molar-refractivity contribution < 1.29 is 13.2 Å². The van der Waals surface area contributed by atoms with Crippen LogP contribution >= 0.6 is 0 Å². The summed E-state index contributed by atoms with van der Waals surface area (Å²) in [6, 6.07) is 14.8. The summed E-state index contributed by atoms with van der Waals surface area (Å²) in [7, 11) is -3.45. The second-order valence-corrected chi connectivity index (χ2v) is 9.66. The van der Waals surface area contributed by atoms with E-state index < -0.39 is 10.0 Å². The Morgan fingerprint density at radius 2 is 1.70 bits per heavy atom. The summed E-state index contributed by atoms with van der Waals surface area (Å²) in [4.78, 5) is 12.2.